The van der Waals surface area contributed by atoms with E-state index in [4.69, 9.17) is 4.43 Å². The van der Waals surface area contributed by atoms with Gasteiger partial charge in [-0.15, -0.1) is 0 Å². The Morgan fingerprint density at radius 2 is 1.21 bits per heavy atom. The fraction of sp³-hybridized carbons (Fsp3) is 0.538. The fourth-order valence-corrected chi connectivity index (χ4v) is 9.68. The molecule has 0 N–H and O–H groups in total. The van der Waals surface area contributed by atoms with Gasteiger partial charge in [-0.1, -0.05) is 125 Å². The van der Waals surface area contributed by atoms with Crippen molar-refractivity contribution in [2.75, 3.05) is 11.0 Å². The van der Waals surface area contributed by atoms with E-state index in [2.05, 4.69) is 125 Å². The van der Waals surface area contributed by atoms with E-state index in [-0.39, 0.29) is 5.04 Å². The molecule has 2 aromatic rings. The highest BCUT2D eigenvalue weighted by molar-refractivity contribution is 14.1. The van der Waals surface area contributed by atoms with Crippen molar-refractivity contribution in [2.45, 2.75) is 59.4 Å². The smallest absolute Gasteiger partial charge is 0.261 e. The third-order valence-electron chi connectivity index (χ3n) is 5.87. The zero-order chi connectivity index (χ0) is 21.5. The molecule has 0 fully saturated rings. The lowest BCUT2D eigenvalue weighted by atomic mass is 9.91. The highest BCUT2D eigenvalue weighted by Crippen LogP contribution is 2.37. The average Bonchev–Trinajstić information content (AvgIpc) is 2.68. The fourth-order valence-electron chi connectivity index (χ4n) is 4.63. The van der Waals surface area contributed by atoms with E-state index in [1.54, 1.807) is 0 Å². The molecule has 3 atom stereocenters. The van der Waals surface area contributed by atoms with Crippen LogP contribution in [0.5, 0.6) is 0 Å². The van der Waals surface area contributed by atoms with Gasteiger partial charge >= 0.3 is 0 Å². The number of alkyl halides is 1. The van der Waals surface area contributed by atoms with Gasteiger partial charge in [0.25, 0.3) is 8.32 Å². The Bertz CT molecular complexity index is 671. The molecule has 0 saturated heterocycles. The minimum Gasteiger partial charge on any atom is -0.407 e. The summed E-state index contributed by atoms with van der Waals surface area (Å²) in [7, 11) is -2.40. The topological polar surface area (TPSA) is 9.23 Å². The maximum atomic E-state index is 7.10. The summed E-state index contributed by atoms with van der Waals surface area (Å²) in [4.78, 5) is 0. The lowest BCUT2D eigenvalue weighted by Gasteiger charge is -2.43. The first kappa shape index (κ1) is 24.6. The lowest BCUT2D eigenvalue weighted by Crippen LogP contribution is -2.66. The van der Waals surface area contributed by atoms with Gasteiger partial charge in [-0.2, -0.15) is 0 Å². The summed E-state index contributed by atoms with van der Waals surface area (Å²) in [5.74, 6) is 2.11. The molecule has 0 aromatic heterocycles. The van der Waals surface area contributed by atoms with E-state index in [0.29, 0.717) is 5.92 Å². The summed E-state index contributed by atoms with van der Waals surface area (Å²) < 4.78 is 8.34. The van der Waals surface area contributed by atoms with Crippen LogP contribution in [0.1, 0.15) is 54.4 Å². The van der Waals surface area contributed by atoms with Gasteiger partial charge in [0.05, 0.1) is 0 Å². The van der Waals surface area contributed by atoms with Crippen molar-refractivity contribution < 1.29 is 4.43 Å². The first-order valence-electron chi connectivity index (χ1n) is 11.0. The molecule has 0 saturated carbocycles. The van der Waals surface area contributed by atoms with Gasteiger partial charge in [0, 0.05) is 11.0 Å². The standard InChI is InChI=1S/C26H39IOSi/c1-21(17-22(2)19-27)18-23(3)20-28-29(26(4,5)6,24-13-9-7-10-14-24)25-15-11-8-12-16-25/h7-16,21-23H,17-20H2,1-6H3/t21-,22+,23-/m1/s1. The summed E-state index contributed by atoms with van der Waals surface area (Å²) in [5, 5.41) is 2.80. The highest BCUT2D eigenvalue weighted by Gasteiger charge is 2.50. The Morgan fingerprint density at radius 1 is 0.759 bits per heavy atom. The molecule has 2 aromatic carbocycles. The Hall–Kier alpha value is -0.653. The van der Waals surface area contributed by atoms with Crippen LogP contribution < -0.4 is 10.4 Å². The van der Waals surface area contributed by atoms with Gasteiger partial charge < -0.3 is 4.43 Å². The molecule has 0 aliphatic carbocycles. The Kier molecular flexibility index (Phi) is 9.42. The van der Waals surface area contributed by atoms with Crippen LogP contribution in [0, 0.1) is 17.8 Å². The third-order valence-corrected chi connectivity index (χ3v) is 12.4. The number of halogens is 1. The van der Waals surface area contributed by atoms with Gasteiger partial charge in [0.15, 0.2) is 0 Å². The molecule has 160 valence electrons. The second-order valence-electron chi connectivity index (χ2n) is 9.92. The predicted octanol–water partition coefficient (Wildman–Crippen LogP) is 6.69. The van der Waals surface area contributed by atoms with Crippen LogP contribution in [0.25, 0.3) is 0 Å². The molecule has 0 unspecified atom stereocenters. The van der Waals surface area contributed by atoms with Crippen LogP contribution in [0.4, 0.5) is 0 Å². The quantitative estimate of drug-likeness (QED) is 0.192. The van der Waals surface area contributed by atoms with Crippen LogP contribution >= 0.6 is 22.6 Å². The zero-order valence-corrected chi connectivity index (χ0v) is 22.3. The summed E-state index contributed by atoms with van der Waals surface area (Å²) in [6.07, 6.45) is 2.55. The molecule has 0 aliphatic rings. The molecular formula is C26H39IOSi. The minimum atomic E-state index is -2.40. The van der Waals surface area contributed by atoms with Crippen molar-refractivity contribution in [1.29, 1.82) is 0 Å². The normalized spacial score (nSPS) is 15.7. The average molecular weight is 523 g/mol. The number of benzene rings is 2. The van der Waals surface area contributed by atoms with Crippen LogP contribution in [0.15, 0.2) is 60.7 Å². The van der Waals surface area contributed by atoms with Crippen molar-refractivity contribution in [3.05, 3.63) is 60.7 Å². The van der Waals surface area contributed by atoms with Crippen molar-refractivity contribution in [2.24, 2.45) is 17.8 Å². The molecule has 0 heterocycles. The SMILES string of the molecule is C[C@H](C[C@H](C)CI)C[C@@H](C)CO[Si](c1ccccc1)(c1ccccc1)C(C)(C)C. The monoisotopic (exact) mass is 522 g/mol. The van der Waals surface area contributed by atoms with Gasteiger partial charge in [-0.3, -0.25) is 0 Å². The van der Waals surface area contributed by atoms with E-state index in [0.717, 1.165) is 18.4 Å². The zero-order valence-electron chi connectivity index (χ0n) is 19.1. The lowest BCUT2D eigenvalue weighted by molar-refractivity contribution is 0.217. The second-order valence-corrected chi connectivity index (χ2v) is 15.1. The summed E-state index contributed by atoms with van der Waals surface area (Å²) in [5.41, 5.74) is 0. The molecule has 29 heavy (non-hydrogen) atoms. The van der Waals surface area contributed by atoms with E-state index in [1.165, 1.54) is 27.6 Å². The highest BCUT2D eigenvalue weighted by atomic mass is 127. The van der Waals surface area contributed by atoms with Crippen LogP contribution in [0.2, 0.25) is 5.04 Å². The summed E-state index contributed by atoms with van der Waals surface area (Å²) in [6, 6.07) is 22.0. The van der Waals surface area contributed by atoms with Gasteiger partial charge in [-0.05, 0) is 46.0 Å². The van der Waals surface area contributed by atoms with E-state index < -0.39 is 8.32 Å². The maximum absolute atomic E-state index is 7.10. The number of hydrogen-bond donors (Lipinski definition) is 0. The molecule has 0 amide bonds. The number of hydrogen-bond acceptors (Lipinski definition) is 1. The molecule has 1 nitrogen and oxygen atoms in total. The minimum absolute atomic E-state index is 0.0523. The predicted molar refractivity (Wildman–Crippen MR) is 139 cm³/mol. The molecule has 0 radical (unpaired) electrons. The van der Waals surface area contributed by atoms with Crippen molar-refractivity contribution in [1.82, 2.24) is 0 Å². The second kappa shape index (κ2) is 11.1. The van der Waals surface area contributed by atoms with Gasteiger partial charge in [0.2, 0.25) is 0 Å². The number of rotatable bonds is 10. The molecular weight excluding hydrogens is 483 g/mol. The van der Waals surface area contributed by atoms with Gasteiger partial charge in [0.1, 0.15) is 0 Å². The Balaban J connectivity index is 2.29. The van der Waals surface area contributed by atoms with E-state index in [9.17, 15) is 0 Å². The first-order chi connectivity index (χ1) is 13.7. The Morgan fingerprint density at radius 3 is 1.62 bits per heavy atom. The third kappa shape index (κ3) is 6.41. The van der Waals surface area contributed by atoms with Gasteiger partial charge in [-0.25, -0.2) is 0 Å². The summed E-state index contributed by atoms with van der Waals surface area (Å²) >= 11 is 2.51. The van der Waals surface area contributed by atoms with E-state index >= 15 is 0 Å². The molecule has 0 bridgehead atoms. The van der Waals surface area contributed by atoms with Crippen LogP contribution in [0.3, 0.4) is 0 Å². The maximum Gasteiger partial charge on any atom is 0.261 e. The molecule has 0 aliphatic heterocycles. The molecule has 2 rings (SSSR count). The van der Waals surface area contributed by atoms with Crippen molar-refractivity contribution >= 4 is 41.3 Å². The first-order valence-corrected chi connectivity index (χ1v) is 14.4. The van der Waals surface area contributed by atoms with E-state index in [1.807, 2.05) is 0 Å². The van der Waals surface area contributed by atoms with Crippen LogP contribution in [-0.2, 0) is 4.43 Å². The largest absolute Gasteiger partial charge is 0.407 e. The molecule has 0 spiro atoms. The molecule has 3 heteroatoms. The van der Waals surface area contributed by atoms with Crippen molar-refractivity contribution in [3.8, 4) is 0 Å². The van der Waals surface area contributed by atoms with Crippen LogP contribution in [-0.4, -0.2) is 19.4 Å². The van der Waals surface area contributed by atoms with Crippen molar-refractivity contribution in [3.63, 3.8) is 0 Å². The Labute approximate surface area is 193 Å². The summed E-state index contributed by atoms with van der Waals surface area (Å²) in [6.45, 7) is 15.0.